The summed E-state index contributed by atoms with van der Waals surface area (Å²) in [6.07, 6.45) is 0. The predicted molar refractivity (Wildman–Crippen MR) is 212 cm³/mol. The fourth-order valence-electron chi connectivity index (χ4n) is 8.30. The standard InChI is InChI=1S/C47H33NS/c1-47(2)41-19-8-5-15-36(41)40-29-33(25-26-42(40)47)48(43-20-9-6-16-37(43)35-18-11-13-30-12-3-4-14-34(30)35)32-24-22-31-23-27-45-46(39(31)28-32)38-17-7-10-21-44(38)49-45/h3-29H,1-2H3. The first-order valence-electron chi connectivity index (χ1n) is 17.0. The van der Waals surface area contributed by atoms with E-state index in [4.69, 9.17) is 0 Å². The molecule has 0 saturated carbocycles. The first-order chi connectivity index (χ1) is 24.1. The van der Waals surface area contributed by atoms with Crippen molar-refractivity contribution in [3.05, 3.63) is 175 Å². The molecule has 1 nitrogen and oxygen atoms in total. The highest BCUT2D eigenvalue weighted by molar-refractivity contribution is 7.26. The third kappa shape index (κ3) is 4.24. The minimum absolute atomic E-state index is 0.0509. The lowest BCUT2D eigenvalue weighted by molar-refractivity contribution is 0.660. The van der Waals surface area contributed by atoms with Crippen LogP contribution in [-0.2, 0) is 5.41 Å². The summed E-state index contributed by atoms with van der Waals surface area (Å²) in [5.41, 5.74) is 11.3. The molecule has 1 heterocycles. The molecule has 10 rings (SSSR count). The Morgan fingerprint density at radius 2 is 1.06 bits per heavy atom. The van der Waals surface area contributed by atoms with Gasteiger partial charge in [0.25, 0.3) is 0 Å². The van der Waals surface area contributed by atoms with Crippen molar-refractivity contribution < 1.29 is 0 Å². The van der Waals surface area contributed by atoms with Crippen LogP contribution in [-0.4, -0.2) is 0 Å². The molecule has 1 aromatic heterocycles. The van der Waals surface area contributed by atoms with Gasteiger partial charge < -0.3 is 4.90 Å². The van der Waals surface area contributed by atoms with Gasteiger partial charge in [-0.1, -0.05) is 135 Å². The van der Waals surface area contributed by atoms with Crippen molar-refractivity contribution in [1.29, 1.82) is 0 Å². The number of anilines is 3. The van der Waals surface area contributed by atoms with Gasteiger partial charge in [-0.3, -0.25) is 0 Å². The molecule has 2 heteroatoms. The van der Waals surface area contributed by atoms with Crippen LogP contribution in [0.25, 0.3) is 64.0 Å². The minimum atomic E-state index is -0.0509. The van der Waals surface area contributed by atoms with Gasteiger partial charge >= 0.3 is 0 Å². The van der Waals surface area contributed by atoms with Gasteiger partial charge in [-0.2, -0.15) is 0 Å². The van der Waals surface area contributed by atoms with Crippen molar-refractivity contribution in [3.8, 4) is 22.3 Å². The van der Waals surface area contributed by atoms with E-state index in [1.165, 1.54) is 75.1 Å². The van der Waals surface area contributed by atoms with Crippen LogP contribution in [0.1, 0.15) is 25.0 Å². The van der Waals surface area contributed by atoms with Crippen molar-refractivity contribution in [3.63, 3.8) is 0 Å². The van der Waals surface area contributed by atoms with Crippen LogP contribution >= 0.6 is 11.3 Å². The number of benzene rings is 8. The van der Waals surface area contributed by atoms with Crippen molar-refractivity contribution >= 4 is 70.1 Å². The zero-order valence-electron chi connectivity index (χ0n) is 27.4. The van der Waals surface area contributed by atoms with Crippen LogP contribution in [0, 0.1) is 0 Å². The summed E-state index contributed by atoms with van der Waals surface area (Å²) >= 11 is 1.88. The molecule has 0 atom stereocenters. The lowest BCUT2D eigenvalue weighted by Gasteiger charge is -2.29. The maximum Gasteiger partial charge on any atom is 0.0540 e. The van der Waals surface area contributed by atoms with Crippen LogP contribution in [0.4, 0.5) is 17.1 Å². The van der Waals surface area contributed by atoms with Crippen molar-refractivity contribution in [2.45, 2.75) is 19.3 Å². The summed E-state index contributed by atoms with van der Waals surface area (Å²) in [4.78, 5) is 2.48. The molecule has 8 aromatic carbocycles. The largest absolute Gasteiger partial charge is 0.310 e. The number of rotatable bonds is 4. The highest BCUT2D eigenvalue weighted by atomic mass is 32.1. The molecule has 0 radical (unpaired) electrons. The number of hydrogen-bond donors (Lipinski definition) is 0. The monoisotopic (exact) mass is 643 g/mol. The zero-order chi connectivity index (χ0) is 32.7. The second-order valence-electron chi connectivity index (χ2n) is 13.7. The fourth-order valence-corrected chi connectivity index (χ4v) is 9.42. The van der Waals surface area contributed by atoms with Gasteiger partial charge in [0.15, 0.2) is 0 Å². The van der Waals surface area contributed by atoms with Crippen LogP contribution < -0.4 is 4.90 Å². The molecular formula is C47H33NS. The molecule has 9 aromatic rings. The Morgan fingerprint density at radius 1 is 0.429 bits per heavy atom. The first-order valence-corrected chi connectivity index (χ1v) is 17.8. The summed E-state index contributed by atoms with van der Waals surface area (Å²) in [5.74, 6) is 0. The molecule has 0 amide bonds. The molecule has 0 N–H and O–H groups in total. The van der Waals surface area contributed by atoms with Gasteiger partial charge in [0.05, 0.1) is 5.69 Å². The lowest BCUT2D eigenvalue weighted by Crippen LogP contribution is -2.15. The summed E-state index contributed by atoms with van der Waals surface area (Å²) < 4.78 is 2.65. The van der Waals surface area contributed by atoms with Gasteiger partial charge in [0.2, 0.25) is 0 Å². The van der Waals surface area contributed by atoms with E-state index in [9.17, 15) is 0 Å². The quantitative estimate of drug-likeness (QED) is 0.184. The summed E-state index contributed by atoms with van der Waals surface area (Å²) in [6, 6.07) is 60.7. The Labute approximate surface area is 290 Å². The summed E-state index contributed by atoms with van der Waals surface area (Å²) in [7, 11) is 0. The molecule has 1 aliphatic carbocycles. The molecule has 0 saturated heterocycles. The fraction of sp³-hybridized carbons (Fsp3) is 0.0638. The highest BCUT2D eigenvalue weighted by Gasteiger charge is 2.35. The maximum atomic E-state index is 2.48. The molecule has 49 heavy (non-hydrogen) atoms. The van der Waals surface area contributed by atoms with E-state index in [1.807, 2.05) is 11.3 Å². The van der Waals surface area contributed by atoms with Gasteiger partial charge in [-0.25, -0.2) is 0 Å². The third-order valence-corrected chi connectivity index (χ3v) is 11.8. The van der Waals surface area contributed by atoms with Crippen LogP contribution in [0.2, 0.25) is 0 Å². The molecule has 0 bridgehead atoms. The van der Waals surface area contributed by atoms with E-state index in [2.05, 4.69) is 183 Å². The Bertz CT molecular complexity index is 2760. The van der Waals surface area contributed by atoms with E-state index >= 15 is 0 Å². The van der Waals surface area contributed by atoms with Crippen molar-refractivity contribution in [1.82, 2.24) is 0 Å². The number of fused-ring (bicyclic) bond motifs is 9. The van der Waals surface area contributed by atoms with Crippen LogP contribution in [0.5, 0.6) is 0 Å². The second-order valence-corrected chi connectivity index (χ2v) is 14.8. The van der Waals surface area contributed by atoms with E-state index in [-0.39, 0.29) is 5.41 Å². The Kier molecular flexibility index (Phi) is 6.16. The minimum Gasteiger partial charge on any atom is -0.310 e. The van der Waals surface area contributed by atoms with E-state index < -0.39 is 0 Å². The zero-order valence-corrected chi connectivity index (χ0v) is 28.3. The molecule has 0 unspecified atom stereocenters. The SMILES string of the molecule is CC1(C)c2ccccc2-c2cc(N(c3ccc4ccc5sc6ccccc6c5c4c3)c3ccccc3-c3cccc4ccccc34)ccc21. The van der Waals surface area contributed by atoms with Gasteiger partial charge in [-0.15, -0.1) is 11.3 Å². The molecule has 232 valence electrons. The van der Waals surface area contributed by atoms with Gasteiger partial charge in [0.1, 0.15) is 0 Å². The van der Waals surface area contributed by atoms with E-state index in [1.54, 1.807) is 0 Å². The number of para-hydroxylation sites is 1. The number of nitrogens with zero attached hydrogens (tertiary/aromatic N) is 1. The Hall–Kier alpha value is -5.70. The number of hydrogen-bond acceptors (Lipinski definition) is 2. The van der Waals surface area contributed by atoms with Crippen molar-refractivity contribution in [2.24, 2.45) is 0 Å². The lowest BCUT2D eigenvalue weighted by atomic mass is 9.82. The van der Waals surface area contributed by atoms with Crippen molar-refractivity contribution in [2.75, 3.05) is 4.90 Å². The molecule has 1 aliphatic rings. The second kappa shape index (κ2) is 10.7. The molecule has 0 fully saturated rings. The predicted octanol–water partition coefficient (Wildman–Crippen LogP) is 13.8. The first kappa shape index (κ1) is 28.3. The van der Waals surface area contributed by atoms with Crippen LogP contribution in [0.15, 0.2) is 164 Å². The normalized spacial score (nSPS) is 13.3. The highest BCUT2D eigenvalue weighted by Crippen LogP contribution is 2.52. The van der Waals surface area contributed by atoms with Gasteiger partial charge in [-0.05, 0) is 91.8 Å². The Balaban J connectivity index is 1.27. The molecular weight excluding hydrogens is 611 g/mol. The third-order valence-electron chi connectivity index (χ3n) is 10.7. The van der Waals surface area contributed by atoms with Gasteiger partial charge in [0, 0.05) is 42.5 Å². The molecule has 0 spiro atoms. The van der Waals surface area contributed by atoms with E-state index in [0.717, 1.165) is 17.1 Å². The topological polar surface area (TPSA) is 3.24 Å². The summed E-state index contributed by atoms with van der Waals surface area (Å²) in [5, 5.41) is 7.71. The smallest absolute Gasteiger partial charge is 0.0540 e. The summed E-state index contributed by atoms with van der Waals surface area (Å²) in [6.45, 7) is 4.70. The Morgan fingerprint density at radius 3 is 1.98 bits per heavy atom. The molecule has 0 aliphatic heterocycles. The van der Waals surface area contributed by atoms with E-state index in [0.29, 0.717) is 0 Å². The average molecular weight is 644 g/mol. The number of thiophene rings is 1. The average Bonchev–Trinajstić information content (AvgIpc) is 3.64. The maximum absolute atomic E-state index is 2.48. The van der Waals surface area contributed by atoms with Crippen LogP contribution in [0.3, 0.4) is 0 Å².